The van der Waals surface area contributed by atoms with E-state index >= 15 is 0 Å². The lowest BCUT2D eigenvalue weighted by Gasteiger charge is -2.10. The van der Waals surface area contributed by atoms with Gasteiger partial charge >= 0.3 is 0 Å². The van der Waals surface area contributed by atoms with E-state index in [0.29, 0.717) is 11.7 Å². The second-order valence-electron chi connectivity index (χ2n) is 4.44. The van der Waals surface area contributed by atoms with Crippen molar-refractivity contribution in [2.75, 3.05) is 0 Å². The average Bonchev–Trinajstić information content (AvgIpc) is 2.84. The molecule has 0 aromatic rings. The molecule has 68 valence electrons. The summed E-state index contributed by atoms with van der Waals surface area (Å²) in [5.74, 6) is 1.96. The number of hydrogen-bond acceptors (Lipinski definition) is 1. The Hall–Kier alpha value is -0.330. The maximum Gasteiger partial charge on any atom is 0.135 e. The summed E-state index contributed by atoms with van der Waals surface area (Å²) in [6, 6.07) is 0. The van der Waals surface area contributed by atoms with Crippen molar-refractivity contribution in [1.29, 1.82) is 0 Å². The van der Waals surface area contributed by atoms with Gasteiger partial charge in [0.2, 0.25) is 0 Å². The molecule has 0 aromatic carbocycles. The van der Waals surface area contributed by atoms with Crippen LogP contribution in [0.5, 0.6) is 0 Å². The summed E-state index contributed by atoms with van der Waals surface area (Å²) in [6.07, 6.45) is 9.80. The third-order valence-corrected chi connectivity index (χ3v) is 3.25. The zero-order valence-electron chi connectivity index (χ0n) is 7.72. The van der Waals surface area contributed by atoms with E-state index in [-0.39, 0.29) is 0 Å². The minimum absolute atomic E-state index is 0.458. The van der Waals surface area contributed by atoms with Gasteiger partial charge in [-0.1, -0.05) is 25.7 Å². The van der Waals surface area contributed by atoms with Gasteiger partial charge in [-0.15, -0.1) is 0 Å². The minimum atomic E-state index is 0.458. The highest BCUT2D eigenvalue weighted by atomic mass is 16.1. The first-order valence-corrected chi connectivity index (χ1v) is 5.39. The van der Waals surface area contributed by atoms with Gasteiger partial charge in [-0.3, -0.25) is 4.79 Å². The number of ketones is 1. The molecule has 0 bridgehead atoms. The van der Waals surface area contributed by atoms with Gasteiger partial charge in [-0.25, -0.2) is 0 Å². The predicted molar refractivity (Wildman–Crippen MR) is 48.9 cm³/mol. The van der Waals surface area contributed by atoms with Crippen LogP contribution < -0.4 is 0 Å². The second-order valence-corrected chi connectivity index (χ2v) is 4.44. The molecule has 12 heavy (non-hydrogen) atoms. The summed E-state index contributed by atoms with van der Waals surface area (Å²) in [7, 11) is 0. The lowest BCUT2D eigenvalue weighted by molar-refractivity contribution is -0.123. The van der Waals surface area contributed by atoms with Crippen LogP contribution in [0.25, 0.3) is 0 Å². The van der Waals surface area contributed by atoms with Crippen LogP contribution >= 0.6 is 0 Å². The van der Waals surface area contributed by atoms with Crippen LogP contribution in [0, 0.1) is 11.8 Å². The zero-order chi connectivity index (χ0) is 8.39. The van der Waals surface area contributed by atoms with Gasteiger partial charge in [0.15, 0.2) is 0 Å². The Morgan fingerprint density at radius 2 is 1.92 bits per heavy atom. The largest absolute Gasteiger partial charge is 0.299 e. The first-order chi connectivity index (χ1) is 5.86. The number of rotatable bonds is 2. The maximum atomic E-state index is 11.6. The van der Waals surface area contributed by atoms with Gasteiger partial charge in [-0.05, 0) is 25.2 Å². The van der Waals surface area contributed by atoms with Crippen LogP contribution in [0.15, 0.2) is 0 Å². The van der Waals surface area contributed by atoms with Crippen molar-refractivity contribution in [3.05, 3.63) is 0 Å². The quantitative estimate of drug-likeness (QED) is 0.576. The maximum absolute atomic E-state index is 11.6. The summed E-state index contributed by atoms with van der Waals surface area (Å²) >= 11 is 0. The Bertz CT molecular complexity index is 170. The molecule has 1 nitrogen and oxygen atoms in total. The fraction of sp³-hybridized carbons (Fsp3) is 0.909. The molecule has 2 rings (SSSR count). The smallest absolute Gasteiger partial charge is 0.135 e. The van der Waals surface area contributed by atoms with Crippen molar-refractivity contribution in [3.63, 3.8) is 0 Å². The molecular formula is C11H18O. The van der Waals surface area contributed by atoms with E-state index in [9.17, 15) is 4.79 Å². The number of carbonyl (C=O) groups excluding carboxylic acids is 1. The first-order valence-electron chi connectivity index (χ1n) is 5.39. The van der Waals surface area contributed by atoms with Crippen LogP contribution in [0.4, 0.5) is 0 Å². The molecule has 2 saturated carbocycles. The van der Waals surface area contributed by atoms with E-state index in [1.54, 1.807) is 0 Å². The Balaban J connectivity index is 1.85. The summed E-state index contributed by atoms with van der Waals surface area (Å²) < 4.78 is 0. The highest BCUT2D eigenvalue weighted by Crippen LogP contribution is 2.38. The molecule has 0 radical (unpaired) electrons. The van der Waals surface area contributed by atoms with Crippen LogP contribution in [-0.2, 0) is 4.79 Å². The molecule has 0 heterocycles. The van der Waals surface area contributed by atoms with Gasteiger partial charge in [0.1, 0.15) is 5.78 Å². The predicted octanol–water partition coefficient (Wildman–Crippen LogP) is 2.94. The minimum Gasteiger partial charge on any atom is -0.299 e. The van der Waals surface area contributed by atoms with Crippen LogP contribution in [0.1, 0.15) is 51.4 Å². The molecule has 0 N–H and O–H groups in total. The fourth-order valence-electron chi connectivity index (χ4n) is 2.24. The van der Waals surface area contributed by atoms with E-state index in [0.717, 1.165) is 18.8 Å². The van der Waals surface area contributed by atoms with E-state index in [1.807, 2.05) is 0 Å². The van der Waals surface area contributed by atoms with Crippen molar-refractivity contribution >= 4 is 5.78 Å². The molecule has 1 unspecified atom stereocenters. The topological polar surface area (TPSA) is 17.1 Å². The standard InChI is InChI=1S/C11H18O/c12-11-5-3-1-2-4-10(11)8-9-6-7-9/h9-10H,1-8H2. The molecule has 0 aliphatic heterocycles. The molecule has 1 atom stereocenters. The molecular weight excluding hydrogens is 148 g/mol. The number of Topliss-reactive ketones (excluding diaryl/α,β-unsaturated/α-hetero) is 1. The molecule has 0 amide bonds. The van der Waals surface area contributed by atoms with Crippen LogP contribution in [-0.4, -0.2) is 5.78 Å². The van der Waals surface area contributed by atoms with Crippen molar-refractivity contribution in [2.45, 2.75) is 51.4 Å². The van der Waals surface area contributed by atoms with E-state index in [2.05, 4.69) is 0 Å². The Morgan fingerprint density at radius 3 is 2.67 bits per heavy atom. The fourth-order valence-corrected chi connectivity index (χ4v) is 2.24. The Labute approximate surface area is 74.5 Å². The lowest BCUT2D eigenvalue weighted by atomic mass is 9.93. The monoisotopic (exact) mass is 166 g/mol. The lowest BCUT2D eigenvalue weighted by Crippen LogP contribution is -2.12. The first kappa shape index (κ1) is 8.28. The zero-order valence-corrected chi connectivity index (χ0v) is 7.72. The van der Waals surface area contributed by atoms with E-state index in [1.165, 1.54) is 38.5 Å². The van der Waals surface area contributed by atoms with Crippen molar-refractivity contribution < 1.29 is 4.79 Å². The molecule has 2 aliphatic carbocycles. The van der Waals surface area contributed by atoms with Crippen molar-refractivity contribution in [2.24, 2.45) is 11.8 Å². The molecule has 2 fully saturated rings. The summed E-state index contributed by atoms with van der Waals surface area (Å²) in [5, 5.41) is 0. The second kappa shape index (κ2) is 3.59. The van der Waals surface area contributed by atoms with Gasteiger partial charge in [-0.2, -0.15) is 0 Å². The van der Waals surface area contributed by atoms with Crippen LogP contribution in [0.3, 0.4) is 0 Å². The SMILES string of the molecule is O=C1CCCCCC1CC1CC1. The van der Waals surface area contributed by atoms with E-state index < -0.39 is 0 Å². The van der Waals surface area contributed by atoms with Gasteiger partial charge in [0, 0.05) is 12.3 Å². The highest BCUT2D eigenvalue weighted by molar-refractivity contribution is 5.81. The molecule has 0 spiro atoms. The number of carbonyl (C=O) groups is 1. The average molecular weight is 166 g/mol. The summed E-state index contributed by atoms with van der Waals surface area (Å²) in [4.78, 5) is 11.6. The molecule has 1 heteroatoms. The van der Waals surface area contributed by atoms with Gasteiger partial charge in [0.25, 0.3) is 0 Å². The van der Waals surface area contributed by atoms with Crippen LogP contribution in [0.2, 0.25) is 0 Å². The Kier molecular flexibility index (Phi) is 2.48. The molecule has 0 saturated heterocycles. The Morgan fingerprint density at radius 1 is 1.08 bits per heavy atom. The molecule has 0 aromatic heterocycles. The summed E-state index contributed by atoms with van der Waals surface area (Å²) in [6.45, 7) is 0. The molecule has 2 aliphatic rings. The highest BCUT2D eigenvalue weighted by Gasteiger charge is 2.29. The third-order valence-electron chi connectivity index (χ3n) is 3.25. The number of hydrogen-bond donors (Lipinski definition) is 0. The van der Waals surface area contributed by atoms with Gasteiger partial charge < -0.3 is 0 Å². The van der Waals surface area contributed by atoms with Gasteiger partial charge in [0.05, 0.1) is 0 Å². The van der Waals surface area contributed by atoms with Crippen molar-refractivity contribution in [3.8, 4) is 0 Å². The third kappa shape index (κ3) is 2.09. The summed E-state index contributed by atoms with van der Waals surface area (Å²) in [5.41, 5.74) is 0. The van der Waals surface area contributed by atoms with E-state index in [4.69, 9.17) is 0 Å². The normalized spacial score (nSPS) is 31.7. The van der Waals surface area contributed by atoms with Crippen molar-refractivity contribution in [1.82, 2.24) is 0 Å².